The van der Waals surface area contributed by atoms with Gasteiger partial charge in [0.05, 0.1) is 16.7 Å². The highest BCUT2D eigenvalue weighted by atomic mass is 19.4. The van der Waals surface area contributed by atoms with Gasteiger partial charge in [0.2, 0.25) is 0 Å². The summed E-state index contributed by atoms with van der Waals surface area (Å²) in [5, 5.41) is 0. The number of hydrogen-bond acceptors (Lipinski definition) is 3. The molecular weight excluding hydrogens is 256 g/mol. The van der Waals surface area contributed by atoms with Gasteiger partial charge in [0.25, 0.3) is 0 Å². The average Bonchev–Trinajstić information content (AvgIpc) is 2.29. The molecule has 7 heteroatoms. The van der Waals surface area contributed by atoms with Gasteiger partial charge in [-0.3, -0.25) is 4.79 Å². The van der Waals surface area contributed by atoms with Crippen molar-refractivity contribution in [2.45, 2.75) is 12.3 Å². The highest BCUT2D eigenvalue weighted by molar-refractivity contribution is 5.80. The van der Waals surface area contributed by atoms with Gasteiger partial charge in [-0.15, -0.1) is 0 Å². The van der Waals surface area contributed by atoms with Crippen LogP contribution in [0.25, 0.3) is 0 Å². The molecule has 100 valence electrons. The molecule has 0 aliphatic heterocycles. The lowest BCUT2D eigenvalue weighted by molar-refractivity contribution is -0.216. The fraction of sp³-hybridized carbons (Fsp3) is 0.364. The number of ether oxygens (including phenoxy) is 2. The molecule has 0 fully saturated rings. The number of carbonyl (C=O) groups excluding carboxylic acids is 1. The van der Waals surface area contributed by atoms with Gasteiger partial charge in [-0.05, 0) is 12.1 Å². The first-order chi connectivity index (χ1) is 9.51. The smallest absolute Gasteiger partial charge is 0.418 e. The standard InChI is InChI=1S/C11H10F4O3/c1-17-9-6(10(18-2)11(13,14)15)3-4-8(12)7(9)5-16/h3-5,10H,1-2H3/i1D3. The molecule has 0 radical (unpaired) electrons. The van der Waals surface area contributed by atoms with Crippen LogP contribution in [-0.4, -0.2) is 26.6 Å². The molecule has 0 aliphatic carbocycles. The van der Waals surface area contributed by atoms with Crippen molar-refractivity contribution < 1.29 is 35.9 Å². The lowest BCUT2D eigenvalue weighted by Gasteiger charge is -2.21. The van der Waals surface area contributed by atoms with Crippen LogP contribution in [0.15, 0.2) is 12.1 Å². The monoisotopic (exact) mass is 269 g/mol. The summed E-state index contributed by atoms with van der Waals surface area (Å²) in [5.41, 5.74) is -1.72. The molecule has 0 aliphatic rings. The summed E-state index contributed by atoms with van der Waals surface area (Å²) in [6, 6.07) is 1.26. The van der Waals surface area contributed by atoms with Crippen molar-refractivity contribution in [2.75, 3.05) is 14.1 Å². The second-order valence-corrected chi connectivity index (χ2v) is 3.26. The third-order valence-electron chi connectivity index (χ3n) is 2.21. The van der Waals surface area contributed by atoms with Crippen LogP contribution < -0.4 is 4.74 Å². The minimum Gasteiger partial charge on any atom is -0.495 e. The molecule has 0 aromatic heterocycles. The lowest BCUT2D eigenvalue weighted by Crippen LogP contribution is -2.23. The Bertz CT molecular complexity index is 529. The van der Waals surface area contributed by atoms with E-state index in [0.717, 1.165) is 7.11 Å². The predicted molar refractivity (Wildman–Crippen MR) is 54.1 cm³/mol. The topological polar surface area (TPSA) is 35.5 Å². The van der Waals surface area contributed by atoms with Gasteiger partial charge in [-0.2, -0.15) is 13.2 Å². The number of benzene rings is 1. The molecule has 1 atom stereocenters. The normalized spacial score (nSPS) is 16.4. The minimum absolute atomic E-state index is 0.122. The third kappa shape index (κ3) is 2.61. The van der Waals surface area contributed by atoms with E-state index in [2.05, 4.69) is 9.47 Å². The minimum atomic E-state index is -4.90. The number of rotatable bonds is 4. The largest absolute Gasteiger partial charge is 0.495 e. The van der Waals surface area contributed by atoms with Crippen LogP contribution >= 0.6 is 0 Å². The van der Waals surface area contributed by atoms with Gasteiger partial charge in [0, 0.05) is 12.7 Å². The number of carbonyl (C=O) groups is 1. The Kier molecular flexibility index (Phi) is 3.06. The van der Waals surface area contributed by atoms with E-state index < -0.39 is 42.0 Å². The second kappa shape index (κ2) is 5.34. The Labute approximate surface area is 105 Å². The molecule has 18 heavy (non-hydrogen) atoms. The van der Waals surface area contributed by atoms with Gasteiger partial charge in [0.1, 0.15) is 11.6 Å². The van der Waals surface area contributed by atoms with Gasteiger partial charge >= 0.3 is 6.18 Å². The first-order valence-electron chi connectivity index (χ1n) is 6.07. The van der Waals surface area contributed by atoms with E-state index in [9.17, 15) is 22.4 Å². The van der Waals surface area contributed by atoms with Crippen molar-refractivity contribution in [1.29, 1.82) is 0 Å². The Balaban J connectivity index is 3.54. The maximum atomic E-state index is 13.5. The number of halogens is 4. The summed E-state index contributed by atoms with van der Waals surface area (Å²) >= 11 is 0. The zero-order chi connectivity index (χ0) is 16.4. The van der Waals surface area contributed by atoms with Gasteiger partial charge in [-0.25, -0.2) is 4.39 Å². The van der Waals surface area contributed by atoms with E-state index in [1.807, 2.05) is 0 Å². The highest BCUT2D eigenvalue weighted by Crippen LogP contribution is 2.40. The van der Waals surface area contributed by atoms with Crippen LogP contribution in [0.5, 0.6) is 5.75 Å². The molecule has 1 rings (SSSR count). The van der Waals surface area contributed by atoms with Gasteiger partial charge in [0.15, 0.2) is 12.4 Å². The first kappa shape index (κ1) is 10.3. The number of methoxy groups -OCH3 is 2. The summed E-state index contributed by atoms with van der Waals surface area (Å²) in [5.74, 6) is -2.22. The molecule has 0 saturated heterocycles. The zero-order valence-electron chi connectivity index (χ0n) is 12.0. The molecule has 1 unspecified atom stereocenters. The second-order valence-electron chi connectivity index (χ2n) is 3.26. The van der Waals surface area contributed by atoms with E-state index in [-0.39, 0.29) is 6.29 Å². The van der Waals surface area contributed by atoms with Crippen molar-refractivity contribution in [2.24, 2.45) is 0 Å². The maximum Gasteiger partial charge on any atom is 0.418 e. The first-order valence-corrected chi connectivity index (χ1v) is 4.57. The van der Waals surface area contributed by atoms with Crippen molar-refractivity contribution in [1.82, 2.24) is 0 Å². The molecule has 1 aromatic carbocycles. The average molecular weight is 269 g/mol. The zero-order valence-corrected chi connectivity index (χ0v) is 9.05. The van der Waals surface area contributed by atoms with E-state index >= 15 is 0 Å². The number of hydrogen-bond donors (Lipinski definition) is 0. The van der Waals surface area contributed by atoms with Gasteiger partial charge in [-0.1, -0.05) is 0 Å². The summed E-state index contributed by atoms with van der Waals surface area (Å²) < 4.78 is 81.4. The van der Waals surface area contributed by atoms with Crippen molar-refractivity contribution in [3.8, 4) is 5.75 Å². The highest BCUT2D eigenvalue weighted by Gasteiger charge is 2.43. The molecule has 0 bridgehead atoms. The summed E-state index contributed by atoms with van der Waals surface area (Å²) in [7, 11) is -2.43. The van der Waals surface area contributed by atoms with Crippen molar-refractivity contribution in [3.05, 3.63) is 29.1 Å². The summed E-state index contributed by atoms with van der Waals surface area (Å²) in [6.07, 6.45) is -7.59. The Morgan fingerprint density at radius 3 is 2.56 bits per heavy atom. The Morgan fingerprint density at radius 2 is 2.11 bits per heavy atom. The molecule has 0 saturated carbocycles. The van der Waals surface area contributed by atoms with Crippen LogP contribution in [0.3, 0.4) is 0 Å². The quantitative estimate of drug-likeness (QED) is 0.622. The molecule has 0 amide bonds. The van der Waals surface area contributed by atoms with E-state index in [0.29, 0.717) is 12.1 Å². The predicted octanol–water partition coefficient (Wildman–Crippen LogP) is 2.90. The lowest BCUT2D eigenvalue weighted by atomic mass is 10.0. The summed E-state index contributed by atoms with van der Waals surface area (Å²) in [4.78, 5) is 10.8. The van der Waals surface area contributed by atoms with Crippen LogP contribution in [0.1, 0.15) is 26.1 Å². The fourth-order valence-corrected chi connectivity index (χ4v) is 1.46. The molecule has 1 aromatic rings. The molecule has 0 spiro atoms. The van der Waals surface area contributed by atoms with Crippen LogP contribution in [0, 0.1) is 5.82 Å². The van der Waals surface area contributed by atoms with Crippen molar-refractivity contribution in [3.63, 3.8) is 0 Å². The molecule has 0 N–H and O–H groups in total. The Hall–Kier alpha value is -1.63. The Morgan fingerprint density at radius 1 is 1.44 bits per heavy atom. The number of aldehydes is 1. The van der Waals surface area contributed by atoms with E-state index in [1.165, 1.54) is 0 Å². The SMILES string of the molecule is [2H]C([2H])([2H])Oc1c(C(OC)C(F)(F)F)ccc(F)c1C=O. The van der Waals surface area contributed by atoms with Gasteiger partial charge < -0.3 is 9.47 Å². The van der Waals surface area contributed by atoms with E-state index in [4.69, 9.17) is 4.11 Å². The van der Waals surface area contributed by atoms with Crippen molar-refractivity contribution >= 4 is 6.29 Å². The number of alkyl halides is 3. The molecule has 3 nitrogen and oxygen atoms in total. The third-order valence-corrected chi connectivity index (χ3v) is 2.21. The van der Waals surface area contributed by atoms with Crippen LogP contribution in [-0.2, 0) is 4.74 Å². The van der Waals surface area contributed by atoms with Crippen LogP contribution in [0.4, 0.5) is 17.6 Å². The fourth-order valence-electron chi connectivity index (χ4n) is 1.46. The summed E-state index contributed by atoms with van der Waals surface area (Å²) in [6.45, 7) is 0. The van der Waals surface area contributed by atoms with Crippen LogP contribution in [0.2, 0.25) is 0 Å². The molecular formula is C11H10F4O3. The van der Waals surface area contributed by atoms with E-state index in [1.54, 1.807) is 0 Å². The maximum absolute atomic E-state index is 13.5. The molecule has 0 heterocycles.